The van der Waals surface area contributed by atoms with E-state index in [0.29, 0.717) is 17.7 Å². The summed E-state index contributed by atoms with van der Waals surface area (Å²) >= 11 is 0. The van der Waals surface area contributed by atoms with Gasteiger partial charge in [0.15, 0.2) is 0 Å². The molecule has 4 atom stereocenters. The van der Waals surface area contributed by atoms with Crippen molar-refractivity contribution in [2.45, 2.75) is 18.1 Å². The maximum atomic E-state index is 13.3. The monoisotopic (exact) mass is 361 g/mol. The van der Waals surface area contributed by atoms with Gasteiger partial charge >= 0.3 is 0 Å². The fourth-order valence-electron chi connectivity index (χ4n) is 4.80. The summed E-state index contributed by atoms with van der Waals surface area (Å²) in [5.74, 6) is -1.60. The fraction of sp³-hybridized carbons (Fsp3) is 0.273. The van der Waals surface area contributed by atoms with Gasteiger partial charge in [-0.1, -0.05) is 48.5 Å². The maximum Gasteiger partial charge on any atom is 0.241 e. The molecule has 3 aliphatic rings. The van der Waals surface area contributed by atoms with Crippen LogP contribution in [-0.4, -0.2) is 35.2 Å². The molecule has 136 valence electrons. The standard InChI is InChI=1S/C22H19NO4/c24-13-15-12-22(11-14-7-3-1-4-8-14)18-17(19(15)27-22)20(25)23(21(18)26)16-9-5-2-6-10-16/h1-10,12,17-19,24H,11,13H2/t17-,18+,19-,22-/m0/s1. The second-order valence-corrected chi connectivity index (χ2v) is 7.38. The number of carbonyl (C=O) groups is 2. The second kappa shape index (κ2) is 5.87. The van der Waals surface area contributed by atoms with Gasteiger partial charge in [0.25, 0.3) is 0 Å². The number of fused-ring (bicyclic) bond motifs is 5. The average Bonchev–Trinajstić information content (AvgIpc) is 3.30. The van der Waals surface area contributed by atoms with Crippen molar-refractivity contribution in [3.05, 3.63) is 77.9 Å². The lowest BCUT2D eigenvalue weighted by atomic mass is 9.72. The van der Waals surface area contributed by atoms with Crippen molar-refractivity contribution in [3.8, 4) is 0 Å². The number of amides is 2. The highest BCUT2D eigenvalue weighted by atomic mass is 16.5. The van der Waals surface area contributed by atoms with Gasteiger partial charge in [-0.05, 0) is 29.3 Å². The van der Waals surface area contributed by atoms with Crippen molar-refractivity contribution in [1.82, 2.24) is 0 Å². The van der Waals surface area contributed by atoms with Crippen molar-refractivity contribution in [1.29, 1.82) is 0 Å². The van der Waals surface area contributed by atoms with E-state index in [0.717, 1.165) is 5.56 Å². The Morgan fingerprint density at radius 1 is 0.963 bits per heavy atom. The summed E-state index contributed by atoms with van der Waals surface area (Å²) in [7, 11) is 0. The topological polar surface area (TPSA) is 66.8 Å². The molecule has 0 aliphatic carbocycles. The van der Waals surface area contributed by atoms with Crippen LogP contribution in [0.15, 0.2) is 72.3 Å². The van der Waals surface area contributed by atoms with Gasteiger partial charge in [0.2, 0.25) is 11.8 Å². The predicted octanol–water partition coefficient (Wildman–Crippen LogP) is 2.10. The van der Waals surface area contributed by atoms with Gasteiger partial charge < -0.3 is 9.84 Å². The maximum absolute atomic E-state index is 13.3. The number of ether oxygens (including phenoxy) is 1. The fourth-order valence-corrected chi connectivity index (χ4v) is 4.80. The molecule has 0 saturated carbocycles. The molecule has 27 heavy (non-hydrogen) atoms. The van der Waals surface area contributed by atoms with Crippen molar-refractivity contribution >= 4 is 17.5 Å². The Morgan fingerprint density at radius 3 is 2.30 bits per heavy atom. The minimum Gasteiger partial charge on any atom is -0.392 e. The molecule has 2 aromatic rings. The SMILES string of the molecule is O=C1[C@@H]2[C@H]3O[C@@](Cc4ccccc4)(C=C3CO)[C@H]2C(=O)N1c1ccccc1. The Kier molecular flexibility index (Phi) is 3.57. The molecule has 1 N–H and O–H groups in total. The van der Waals surface area contributed by atoms with Gasteiger partial charge in [-0.2, -0.15) is 0 Å². The molecule has 5 nitrogen and oxygen atoms in total. The number of hydrogen-bond acceptors (Lipinski definition) is 4. The molecule has 5 heteroatoms. The highest BCUT2D eigenvalue weighted by molar-refractivity contribution is 6.23. The molecular formula is C22H19NO4. The average molecular weight is 361 g/mol. The number of imide groups is 1. The lowest BCUT2D eigenvalue weighted by molar-refractivity contribution is -0.126. The van der Waals surface area contributed by atoms with Crippen LogP contribution >= 0.6 is 0 Å². The first-order valence-corrected chi connectivity index (χ1v) is 9.12. The molecule has 0 radical (unpaired) electrons. The Hall–Kier alpha value is -2.76. The summed E-state index contributed by atoms with van der Waals surface area (Å²) in [6.45, 7) is -0.169. The molecule has 5 rings (SSSR count). The lowest BCUT2D eigenvalue weighted by Crippen LogP contribution is -2.42. The summed E-state index contributed by atoms with van der Waals surface area (Å²) in [6.07, 6.45) is 1.84. The minimum atomic E-state index is -0.884. The predicted molar refractivity (Wildman–Crippen MR) is 98.8 cm³/mol. The Balaban J connectivity index is 1.58. The number of carbonyl (C=O) groups excluding carboxylic acids is 2. The highest BCUT2D eigenvalue weighted by Crippen LogP contribution is 2.55. The third kappa shape index (κ3) is 2.25. The largest absolute Gasteiger partial charge is 0.392 e. The van der Waals surface area contributed by atoms with Crippen LogP contribution in [0.4, 0.5) is 5.69 Å². The zero-order valence-corrected chi connectivity index (χ0v) is 14.6. The van der Waals surface area contributed by atoms with E-state index >= 15 is 0 Å². The molecule has 0 unspecified atom stereocenters. The number of hydrogen-bond donors (Lipinski definition) is 1. The molecule has 2 bridgehead atoms. The van der Waals surface area contributed by atoms with Crippen molar-refractivity contribution < 1.29 is 19.4 Å². The van der Waals surface area contributed by atoms with Crippen LogP contribution < -0.4 is 4.90 Å². The van der Waals surface area contributed by atoms with Crippen molar-refractivity contribution in [2.75, 3.05) is 11.5 Å². The number of rotatable bonds is 4. The third-order valence-electron chi connectivity index (χ3n) is 5.87. The molecule has 2 amide bonds. The molecule has 3 heterocycles. The number of benzene rings is 2. The van der Waals surface area contributed by atoms with Gasteiger partial charge in [0.1, 0.15) is 5.60 Å². The quantitative estimate of drug-likeness (QED) is 0.669. The van der Waals surface area contributed by atoms with E-state index in [-0.39, 0.29) is 18.4 Å². The van der Waals surface area contributed by atoms with Crippen LogP contribution in [0.5, 0.6) is 0 Å². The summed E-state index contributed by atoms with van der Waals surface area (Å²) < 4.78 is 6.24. The first kappa shape index (κ1) is 16.4. The van der Waals surface area contributed by atoms with Gasteiger partial charge in [0, 0.05) is 6.42 Å². The van der Waals surface area contributed by atoms with Crippen LogP contribution in [0.3, 0.4) is 0 Å². The van der Waals surface area contributed by atoms with E-state index < -0.39 is 23.5 Å². The summed E-state index contributed by atoms with van der Waals surface area (Å²) in [5.41, 5.74) is 1.43. The van der Waals surface area contributed by atoms with E-state index in [1.165, 1.54) is 4.90 Å². The van der Waals surface area contributed by atoms with Crippen LogP contribution in [0, 0.1) is 11.8 Å². The normalized spacial score (nSPS) is 31.4. The van der Waals surface area contributed by atoms with E-state index in [1.54, 1.807) is 12.1 Å². The Labute approximate surface area is 156 Å². The molecular weight excluding hydrogens is 342 g/mol. The van der Waals surface area contributed by atoms with Crippen LogP contribution in [0.2, 0.25) is 0 Å². The Morgan fingerprint density at radius 2 is 1.63 bits per heavy atom. The smallest absolute Gasteiger partial charge is 0.241 e. The Bertz CT molecular complexity index is 939. The summed E-state index contributed by atoms with van der Waals surface area (Å²) in [4.78, 5) is 27.8. The zero-order chi connectivity index (χ0) is 18.6. The van der Waals surface area contributed by atoms with Crippen LogP contribution in [0.25, 0.3) is 0 Å². The van der Waals surface area contributed by atoms with Crippen molar-refractivity contribution in [2.24, 2.45) is 11.8 Å². The van der Waals surface area contributed by atoms with Crippen molar-refractivity contribution in [3.63, 3.8) is 0 Å². The number of aliphatic hydroxyl groups excluding tert-OH is 1. The third-order valence-corrected chi connectivity index (χ3v) is 5.87. The van der Waals surface area contributed by atoms with Gasteiger partial charge in [-0.25, -0.2) is 4.90 Å². The van der Waals surface area contributed by atoms with Gasteiger partial charge in [0.05, 0.1) is 30.2 Å². The zero-order valence-electron chi connectivity index (χ0n) is 14.6. The minimum absolute atomic E-state index is 0.169. The lowest BCUT2D eigenvalue weighted by Gasteiger charge is -2.29. The van der Waals surface area contributed by atoms with Gasteiger partial charge in [-0.3, -0.25) is 9.59 Å². The van der Waals surface area contributed by atoms with E-state index in [2.05, 4.69) is 0 Å². The van der Waals surface area contributed by atoms with Gasteiger partial charge in [-0.15, -0.1) is 0 Å². The molecule has 2 fully saturated rings. The number of anilines is 1. The molecule has 0 spiro atoms. The van der Waals surface area contributed by atoms with E-state index in [4.69, 9.17) is 4.74 Å². The first-order chi connectivity index (χ1) is 13.1. The first-order valence-electron chi connectivity index (χ1n) is 9.12. The van der Waals surface area contributed by atoms with E-state index in [9.17, 15) is 14.7 Å². The van der Waals surface area contributed by atoms with E-state index in [1.807, 2.05) is 54.6 Å². The molecule has 3 aliphatic heterocycles. The van der Waals surface area contributed by atoms with Crippen LogP contribution in [-0.2, 0) is 20.7 Å². The summed E-state index contributed by atoms with van der Waals surface area (Å²) in [5, 5.41) is 9.77. The molecule has 2 aromatic carbocycles. The number of nitrogens with zero attached hydrogens (tertiary/aromatic N) is 1. The second-order valence-electron chi connectivity index (χ2n) is 7.38. The molecule has 0 aromatic heterocycles. The molecule has 2 saturated heterocycles. The van der Waals surface area contributed by atoms with Crippen LogP contribution in [0.1, 0.15) is 5.56 Å². The number of aliphatic hydroxyl groups is 1. The number of para-hydroxylation sites is 1. The summed E-state index contributed by atoms with van der Waals surface area (Å²) in [6, 6.07) is 18.8. The highest BCUT2D eigenvalue weighted by Gasteiger charge is 2.69.